The molecular weight excluding hydrogens is 248 g/mol. The zero-order valence-corrected chi connectivity index (χ0v) is 13.1. The minimum Gasteiger partial charge on any atom is -0.318 e. The molecule has 0 aliphatic heterocycles. The molecule has 0 bridgehead atoms. The molecule has 0 aliphatic rings. The minimum absolute atomic E-state index is 0.372. The number of rotatable bonds is 11. The van der Waals surface area contributed by atoms with Crippen LogP contribution in [0, 0.1) is 5.92 Å². The lowest BCUT2D eigenvalue weighted by Crippen LogP contribution is -2.38. The Hall–Kier alpha value is -0.130. The number of sulfonamides is 1. The fraction of sp³-hybridized carbons (Fsp3) is 1.00. The molecule has 1 atom stereocenters. The van der Waals surface area contributed by atoms with Gasteiger partial charge in [-0.2, -0.15) is 0 Å². The summed E-state index contributed by atoms with van der Waals surface area (Å²) in [6, 6.07) is 0. The van der Waals surface area contributed by atoms with Gasteiger partial charge in [-0.15, -0.1) is 0 Å². The second-order valence-corrected chi connectivity index (χ2v) is 7.59. The van der Waals surface area contributed by atoms with E-state index in [2.05, 4.69) is 23.9 Å². The van der Waals surface area contributed by atoms with Crippen molar-refractivity contribution in [2.24, 2.45) is 5.92 Å². The van der Waals surface area contributed by atoms with Crippen molar-refractivity contribution in [3.8, 4) is 0 Å². The highest BCUT2D eigenvalue weighted by molar-refractivity contribution is 7.90. The van der Waals surface area contributed by atoms with Gasteiger partial charge in [0, 0.05) is 13.1 Å². The second-order valence-electron chi connectivity index (χ2n) is 5.40. The van der Waals surface area contributed by atoms with Crippen LogP contribution in [0.4, 0.5) is 0 Å². The molecule has 0 amide bonds. The van der Waals surface area contributed by atoms with Crippen LogP contribution in [-0.4, -0.2) is 33.8 Å². The molecule has 5 heteroatoms. The molecule has 0 saturated heterocycles. The van der Waals surface area contributed by atoms with Crippen molar-refractivity contribution in [1.29, 1.82) is 0 Å². The van der Waals surface area contributed by atoms with E-state index in [1.54, 1.807) is 14.0 Å². The smallest absolute Gasteiger partial charge is 0.215 e. The van der Waals surface area contributed by atoms with E-state index in [0.717, 1.165) is 18.8 Å². The minimum atomic E-state index is -3.14. The van der Waals surface area contributed by atoms with E-state index in [-0.39, 0.29) is 5.25 Å². The Morgan fingerprint density at radius 1 is 1.00 bits per heavy atom. The molecule has 0 rings (SSSR count). The third kappa shape index (κ3) is 8.89. The van der Waals surface area contributed by atoms with Gasteiger partial charge in [0.25, 0.3) is 0 Å². The standard InChI is InChI=1S/C13H30N2O2S/c1-12(2)9-7-5-6-8-10-15-18(16,17)13(3)11-14-4/h12-15H,5-11H2,1-4H3. The van der Waals surface area contributed by atoms with Crippen LogP contribution in [-0.2, 0) is 10.0 Å². The summed E-state index contributed by atoms with van der Waals surface area (Å²) in [6.45, 7) is 7.25. The highest BCUT2D eigenvalue weighted by atomic mass is 32.2. The molecule has 0 saturated carbocycles. The fourth-order valence-corrected chi connectivity index (χ4v) is 2.88. The quantitative estimate of drug-likeness (QED) is 0.569. The Morgan fingerprint density at radius 2 is 1.61 bits per heavy atom. The third-order valence-electron chi connectivity index (χ3n) is 3.03. The van der Waals surface area contributed by atoms with Gasteiger partial charge in [0.2, 0.25) is 10.0 Å². The second kappa shape index (κ2) is 9.75. The lowest BCUT2D eigenvalue weighted by atomic mass is 10.0. The van der Waals surface area contributed by atoms with E-state index in [9.17, 15) is 8.42 Å². The number of hydrogen-bond donors (Lipinski definition) is 2. The summed E-state index contributed by atoms with van der Waals surface area (Å²) in [5, 5.41) is 2.51. The first kappa shape index (κ1) is 17.9. The van der Waals surface area contributed by atoms with Crippen molar-refractivity contribution >= 4 is 10.0 Å². The van der Waals surface area contributed by atoms with Crippen molar-refractivity contribution < 1.29 is 8.42 Å². The van der Waals surface area contributed by atoms with E-state index in [4.69, 9.17) is 0 Å². The number of nitrogens with one attached hydrogen (secondary N) is 2. The van der Waals surface area contributed by atoms with Crippen LogP contribution in [0.25, 0.3) is 0 Å². The van der Waals surface area contributed by atoms with Crippen LogP contribution in [0.3, 0.4) is 0 Å². The Kier molecular flexibility index (Phi) is 9.68. The maximum absolute atomic E-state index is 11.7. The Bertz CT molecular complexity index is 289. The van der Waals surface area contributed by atoms with Crippen molar-refractivity contribution in [2.45, 2.75) is 58.1 Å². The van der Waals surface area contributed by atoms with Gasteiger partial charge in [0.15, 0.2) is 0 Å². The van der Waals surface area contributed by atoms with Crippen LogP contribution < -0.4 is 10.0 Å². The molecule has 1 unspecified atom stereocenters. The zero-order chi connectivity index (χ0) is 14.0. The molecule has 0 heterocycles. The molecule has 4 nitrogen and oxygen atoms in total. The van der Waals surface area contributed by atoms with Crippen molar-refractivity contribution in [3.05, 3.63) is 0 Å². The average molecular weight is 278 g/mol. The molecule has 2 N–H and O–H groups in total. The van der Waals surface area contributed by atoms with E-state index in [1.807, 2.05) is 0 Å². The summed E-state index contributed by atoms with van der Waals surface area (Å²) in [5.41, 5.74) is 0. The SMILES string of the molecule is CNCC(C)S(=O)(=O)NCCCCCCC(C)C. The first-order chi connectivity index (χ1) is 8.40. The fourth-order valence-electron chi connectivity index (χ4n) is 1.78. The van der Waals surface area contributed by atoms with Crippen molar-refractivity contribution in [1.82, 2.24) is 10.0 Å². The molecular formula is C13H30N2O2S. The van der Waals surface area contributed by atoms with E-state index < -0.39 is 10.0 Å². The largest absolute Gasteiger partial charge is 0.318 e. The maximum Gasteiger partial charge on any atom is 0.215 e. The maximum atomic E-state index is 11.7. The summed E-state index contributed by atoms with van der Waals surface area (Å²) in [6.07, 6.45) is 5.76. The Morgan fingerprint density at radius 3 is 2.17 bits per heavy atom. The lowest BCUT2D eigenvalue weighted by Gasteiger charge is -2.13. The van der Waals surface area contributed by atoms with Crippen LogP contribution in [0.5, 0.6) is 0 Å². The van der Waals surface area contributed by atoms with Gasteiger partial charge in [0.05, 0.1) is 5.25 Å². The summed E-state index contributed by atoms with van der Waals surface area (Å²) < 4.78 is 26.2. The van der Waals surface area contributed by atoms with E-state index in [1.165, 1.54) is 19.3 Å². The topological polar surface area (TPSA) is 58.2 Å². The predicted octanol–water partition coefficient (Wildman–Crippen LogP) is 2.12. The molecule has 110 valence electrons. The average Bonchev–Trinajstić information content (AvgIpc) is 2.27. The molecule has 0 aromatic carbocycles. The molecule has 18 heavy (non-hydrogen) atoms. The van der Waals surface area contributed by atoms with Gasteiger partial charge in [-0.05, 0) is 26.3 Å². The van der Waals surface area contributed by atoms with Gasteiger partial charge in [-0.3, -0.25) is 0 Å². The van der Waals surface area contributed by atoms with Crippen molar-refractivity contribution in [2.75, 3.05) is 20.1 Å². The van der Waals surface area contributed by atoms with Gasteiger partial charge >= 0.3 is 0 Å². The van der Waals surface area contributed by atoms with Crippen molar-refractivity contribution in [3.63, 3.8) is 0 Å². The first-order valence-corrected chi connectivity index (χ1v) is 8.58. The highest BCUT2D eigenvalue weighted by Crippen LogP contribution is 2.09. The number of hydrogen-bond acceptors (Lipinski definition) is 3. The Labute approximate surface area is 113 Å². The molecule has 0 radical (unpaired) electrons. The number of unbranched alkanes of at least 4 members (excludes halogenated alkanes) is 3. The van der Waals surface area contributed by atoms with E-state index >= 15 is 0 Å². The normalized spacial score (nSPS) is 14.1. The summed E-state index contributed by atoms with van der Waals surface area (Å²) in [4.78, 5) is 0. The van der Waals surface area contributed by atoms with Crippen LogP contribution >= 0.6 is 0 Å². The molecule has 0 aliphatic carbocycles. The molecule has 0 aromatic rings. The van der Waals surface area contributed by atoms with Crippen LogP contribution in [0.15, 0.2) is 0 Å². The van der Waals surface area contributed by atoms with Gasteiger partial charge in [-0.25, -0.2) is 13.1 Å². The van der Waals surface area contributed by atoms with Gasteiger partial charge in [0.1, 0.15) is 0 Å². The van der Waals surface area contributed by atoms with Crippen LogP contribution in [0.2, 0.25) is 0 Å². The lowest BCUT2D eigenvalue weighted by molar-refractivity contribution is 0.516. The zero-order valence-electron chi connectivity index (χ0n) is 12.3. The molecule has 0 fully saturated rings. The van der Waals surface area contributed by atoms with Crippen LogP contribution in [0.1, 0.15) is 52.9 Å². The Balaban J connectivity index is 3.59. The van der Waals surface area contributed by atoms with Gasteiger partial charge in [-0.1, -0.05) is 39.5 Å². The summed E-state index contributed by atoms with van der Waals surface area (Å²) in [7, 11) is -1.38. The molecule has 0 aromatic heterocycles. The molecule has 0 spiro atoms. The third-order valence-corrected chi connectivity index (χ3v) is 4.87. The first-order valence-electron chi connectivity index (χ1n) is 7.03. The van der Waals surface area contributed by atoms with Gasteiger partial charge < -0.3 is 5.32 Å². The predicted molar refractivity (Wildman–Crippen MR) is 78.2 cm³/mol. The highest BCUT2D eigenvalue weighted by Gasteiger charge is 2.18. The van der Waals surface area contributed by atoms with E-state index in [0.29, 0.717) is 13.1 Å². The summed E-state index contributed by atoms with van der Waals surface area (Å²) in [5.74, 6) is 0.769. The monoisotopic (exact) mass is 278 g/mol. The summed E-state index contributed by atoms with van der Waals surface area (Å²) >= 11 is 0.